The molecule has 1 rings (SSSR count). The number of benzene rings is 1. The number of ether oxygens (including phenoxy) is 2. The summed E-state index contributed by atoms with van der Waals surface area (Å²) in [6.07, 6.45) is 0.115. The molecule has 0 fully saturated rings. The Morgan fingerprint density at radius 2 is 1.85 bits per heavy atom. The normalized spacial score (nSPS) is 10.2. The highest BCUT2D eigenvalue weighted by Crippen LogP contribution is 2.33. The number of hydrogen-bond donors (Lipinski definition) is 0. The minimum Gasteiger partial charge on any atom is -0.495 e. The third-order valence-electron chi connectivity index (χ3n) is 1.51. The Kier molecular flexibility index (Phi) is 3.43. The van der Waals surface area contributed by atoms with Gasteiger partial charge in [-0.1, -0.05) is 17.7 Å². The zero-order valence-corrected chi connectivity index (χ0v) is 8.76. The van der Waals surface area contributed by atoms with Crippen LogP contribution in [-0.4, -0.2) is 13.2 Å². The Labute approximate surface area is 83.4 Å². The topological polar surface area (TPSA) is 18.5 Å². The number of hydrogen-bond acceptors (Lipinski definition) is 2. The Morgan fingerprint density at radius 1 is 1.23 bits per heavy atom. The highest BCUT2D eigenvalue weighted by molar-refractivity contribution is 6.33. The van der Waals surface area contributed by atoms with Gasteiger partial charge in [-0.2, -0.15) is 0 Å². The Bertz CT molecular complexity index is 284. The van der Waals surface area contributed by atoms with Crippen LogP contribution in [0.25, 0.3) is 0 Å². The van der Waals surface area contributed by atoms with E-state index in [4.69, 9.17) is 21.1 Å². The number of methoxy groups -OCH3 is 1. The molecule has 0 N–H and O–H groups in total. The third kappa shape index (κ3) is 2.52. The zero-order chi connectivity index (χ0) is 9.84. The van der Waals surface area contributed by atoms with Crippen LogP contribution in [0, 0.1) is 0 Å². The molecule has 72 valence electrons. The molecule has 0 bridgehead atoms. The molecule has 1 aromatic rings. The molecule has 0 aliphatic carbocycles. The van der Waals surface area contributed by atoms with Gasteiger partial charge in [0.15, 0.2) is 0 Å². The molecular formula is C10H13ClO2. The van der Waals surface area contributed by atoms with Gasteiger partial charge in [0.1, 0.15) is 16.5 Å². The maximum atomic E-state index is 6.00. The van der Waals surface area contributed by atoms with Crippen molar-refractivity contribution in [1.82, 2.24) is 0 Å². The van der Waals surface area contributed by atoms with Crippen LogP contribution in [0.1, 0.15) is 13.8 Å². The van der Waals surface area contributed by atoms with Gasteiger partial charge >= 0.3 is 0 Å². The summed E-state index contributed by atoms with van der Waals surface area (Å²) in [6.45, 7) is 3.91. The highest BCUT2D eigenvalue weighted by atomic mass is 35.5. The standard InChI is InChI=1S/C10H13ClO2/c1-7(2)13-9-6-4-5-8(12-3)10(9)11/h4-7H,1-3H3. The SMILES string of the molecule is COc1cccc(OC(C)C)c1Cl. The molecule has 0 atom stereocenters. The second-order valence-corrected chi connectivity index (χ2v) is 3.32. The molecule has 0 heterocycles. The van der Waals surface area contributed by atoms with Crippen LogP contribution in [0.2, 0.25) is 5.02 Å². The van der Waals surface area contributed by atoms with E-state index in [9.17, 15) is 0 Å². The summed E-state index contributed by atoms with van der Waals surface area (Å²) in [5.41, 5.74) is 0. The Hall–Kier alpha value is -0.890. The van der Waals surface area contributed by atoms with Gasteiger partial charge in [-0.05, 0) is 26.0 Å². The summed E-state index contributed by atoms with van der Waals surface area (Å²) in [7, 11) is 1.58. The third-order valence-corrected chi connectivity index (χ3v) is 1.88. The van der Waals surface area contributed by atoms with Crippen molar-refractivity contribution in [2.24, 2.45) is 0 Å². The molecule has 0 aliphatic heterocycles. The summed E-state index contributed by atoms with van der Waals surface area (Å²) >= 11 is 6.00. The smallest absolute Gasteiger partial charge is 0.142 e. The van der Waals surface area contributed by atoms with Crippen molar-refractivity contribution in [2.45, 2.75) is 20.0 Å². The predicted molar refractivity (Wildman–Crippen MR) is 53.8 cm³/mol. The van der Waals surface area contributed by atoms with Crippen molar-refractivity contribution in [3.8, 4) is 11.5 Å². The van der Waals surface area contributed by atoms with Crippen LogP contribution < -0.4 is 9.47 Å². The summed E-state index contributed by atoms with van der Waals surface area (Å²) in [6, 6.07) is 5.48. The van der Waals surface area contributed by atoms with E-state index in [1.807, 2.05) is 26.0 Å². The summed E-state index contributed by atoms with van der Waals surface area (Å²) in [4.78, 5) is 0. The molecule has 0 amide bonds. The van der Waals surface area contributed by atoms with Crippen LogP contribution in [0.4, 0.5) is 0 Å². The lowest BCUT2D eigenvalue weighted by molar-refractivity contribution is 0.241. The molecular weight excluding hydrogens is 188 g/mol. The van der Waals surface area contributed by atoms with E-state index in [2.05, 4.69) is 0 Å². The molecule has 0 unspecified atom stereocenters. The van der Waals surface area contributed by atoms with Crippen LogP contribution in [0.5, 0.6) is 11.5 Å². The average Bonchev–Trinajstić information content (AvgIpc) is 2.08. The van der Waals surface area contributed by atoms with Crippen LogP contribution >= 0.6 is 11.6 Å². The fourth-order valence-electron chi connectivity index (χ4n) is 0.993. The van der Waals surface area contributed by atoms with Gasteiger partial charge in [-0.3, -0.25) is 0 Å². The van der Waals surface area contributed by atoms with Gasteiger partial charge in [-0.15, -0.1) is 0 Å². The minimum atomic E-state index is 0.115. The van der Waals surface area contributed by atoms with Crippen molar-refractivity contribution in [3.63, 3.8) is 0 Å². The van der Waals surface area contributed by atoms with E-state index in [-0.39, 0.29) is 6.10 Å². The van der Waals surface area contributed by atoms with E-state index in [1.54, 1.807) is 13.2 Å². The number of halogens is 1. The monoisotopic (exact) mass is 200 g/mol. The van der Waals surface area contributed by atoms with Crippen LogP contribution in [-0.2, 0) is 0 Å². The van der Waals surface area contributed by atoms with Crippen molar-refractivity contribution in [3.05, 3.63) is 23.2 Å². The van der Waals surface area contributed by atoms with Crippen molar-refractivity contribution in [1.29, 1.82) is 0 Å². The fourth-order valence-corrected chi connectivity index (χ4v) is 1.24. The molecule has 0 spiro atoms. The van der Waals surface area contributed by atoms with Gasteiger partial charge in [0.25, 0.3) is 0 Å². The molecule has 2 nitrogen and oxygen atoms in total. The van der Waals surface area contributed by atoms with Gasteiger partial charge in [-0.25, -0.2) is 0 Å². The summed E-state index contributed by atoms with van der Waals surface area (Å²) < 4.78 is 10.5. The lowest BCUT2D eigenvalue weighted by Crippen LogP contribution is -2.06. The molecule has 3 heteroatoms. The van der Waals surface area contributed by atoms with Crippen LogP contribution in [0.3, 0.4) is 0 Å². The fraction of sp³-hybridized carbons (Fsp3) is 0.400. The van der Waals surface area contributed by atoms with Crippen molar-refractivity contribution < 1.29 is 9.47 Å². The quantitative estimate of drug-likeness (QED) is 0.747. The molecule has 0 saturated heterocycles. The molecule has 13 heavy (non-hydrogen) atoms. The second kappa shape index (κ2) is 4.38. The first-order chi connectivity index (χ1) is 6.15. The van der Waals surface area contributed by atoms with Crippen molar-refractivity contribution in [2.75, 3.05) is 7.11 Å². The van der Waals surface area contributed by atoms with E-state index in [0.29, 0.717) is 16.5 Å². The van der Waals surface area contributed by atoms with Gasteiger partial charge < -0.3 is 9.47 Å². The first-order valence-electron chi connectivity index (χ1n) is 4.14. The first-order valence-corrected chi connectivity index (χ1v) is 4.52. The van der Waals surface area contributed by atoms with Gasteiger partial charge in [0, 0.05) is 0 Å². The van der Waals surface area contributed by atoms with Crippen molar-refractivity contribution >= 4 is 11.6 Å². The lowest BCUT2D eigenvalue weighted by atomic mass is 10.3. The first kappa shape index (κ1) is 10.2. The second-order valence-electron chi connectivity index (χ2n) is 2.94. The van der Waals surface area contributed by atoms with E-state index in [0.717, 1.165) is 0 Å². The highest BCUT2D eigenvalue weighted by Gasteiger charge is 2.07. The largest absolute Gasteiger partial charge is 0.495 e. The maximum Gasteiger partial charge on any atom is 0.142 e. The average molecular weight is 201 g/mol. The Balaban J connectivity index is 2.94. The summed E-state index contributed by atoms with van der Waals surface area (Å²) in [5, 5.41) is 0.527. The van der Waals surface area contributed by atoms with E-state index in [1.165, 1.54) is 0 Å². The molecule has 1 aromatic carbocycles. The molecule has 0 aromatic heterocycles. The van der Waals surface area contributed by atoms with E-state index >= 15 is 0 Å². The van der Waals surface area contributed by atoms with Gasteiger partial charge in [0.2, 0.25) is 0 Å². The van der Waals surface area contributed by atoms with Crippen LogP contribution in [0.15, 0.2) is 18.2 Å². The van der Waals surface area contributed by atoms with Gasteiger partial charge in [0.05, 0.1) is 13.2 Å². The van der Waals surface area contributed by atoms with E-state index < -0.39 is 0 Å². The summed E-state index contributed by atoms with van der Waals surface area (Å²) in [5.74, 6) is 1.30. The predicted octanol–water partition coefficient (Wildman–Crippen LogP) is 3.14. The zero-order valence-electron chi connectivity index (χ0n) is 8.00. The minimum absolute atomic E-state index is 0.115. The Morgan fingerprint density at radius 3 is 2.38 bits per heavy atom. The number of rotatable bonds is 3. The lowest BCUT2D eigenvalue weighted by Gasteiger charge is -2.12. The molecule has 0 radical (unpaired) electrons. The maximum absolute atomic E-state index is 6.00. The molecule has 0 saturated carbocycles. The molecule has 0 aliphatic rings.